The van der Waals surface area contributed by atoms with E-state index in [1.54, 1.807) is 39.0 Å². The lowest BCUT2D eigenvalue weighted by Crippen LogP contribution is -2.56. The molecule has 1 aromatic heterocycles. The van der Waals surface area contributed by atoms with E-state index in [-0.39, 0.29) is 25.3 Å². The summed E-state index contributed by atoms with van der Waals surface area (Å²) >= 11 is 7.43. The van der Waals surface area contributed by atoms with Crippen molar-refractivity contribution in [2.24, 2.45) is 5.92 Å². The molecule has 232 valence electrons. The summed E-state index contributed by atoms with van der Waals surface area (Å²) in [6.07, 6.45) is 6.36. The maximum Gasteiger partial charge on any atom is 0.408 e. The number of amides is 3. The Morgan fingerprint density at radius 3 is 2.77 bits per heavy atom. The van der Waals surface area contributed by atoms with E-state index in [2.05, 4.69) is 15.6 Å². The quantitative estimate of drug-likeness (QED) is 0.412. The van der Waals surface area contributed by atoms with Gasteiger partial charge in [-0.2, -0.15) is 0 Å². The molecule has 0 spiro atoms. The highest BCUT2D eigenvalue weighted by molar-refractivity contribution is 7.20. The molecule has 2 aliphatic heterocycles. The lowest BCUT2D eigenvalue weighted by atomic mass is 10.0. The largest absolute Gasteiger partial charge is 0.479 e. The van der Waals surface area contributed by atoms with E-state index in [9.17, 15) is 24.3 Å². The number of halogens is 1. The predicted molar refractivity (Wildman–Crippen MR) is 161 cm³/mol. The number of rotatable bonds is 4. The van der Waals surface area contributed by atoms with Crippen LogP contribution in [0.5, 0.6) is 5.19 Å². The summed E-state index contributed by atoms with van der Waals surface area (Å²) in [6, 6.07) is 3.37. The average Bonchev–Trinajstić information content (AvgIpc) is 3.23. The number of hydrogen-bond donors (Lipinski definition) is 3. The first-order valence-corrected chi connectivity index (χ1v) is 15.8. The lowest BCUT2D eigenvalue weighted by molar-refractivity contribution is -0.145. The number of aromatic nitrogens is 1. The molecule has 3 amide bonds. The Labute approximate surface area is 258 Å². The van der Waals surface area contributed by atoms with Gasteiger partial charge >= 0.3 is 12.1 Å². The number of benzene rings is 1. The van der Waals surface area contributed by atoms with Crippen molar-refractivity contribution in [1.82, 2.24) is 20.5 Å². The number of ether oxygens (including phenoxy) is 2. The Hall–Kier alpha value is -3.38. The summed E-state index contributed by atoms with van der Waals surface area (Å²) in [5.41, 5.74) is -1.47. The molecule has 11 nitrogen and oxygen atoms in total. The van der Waals surface area contributed by atoms with Crippen LogP contribution < -0.4 is 15.4 Å². The van der Waals surface area contributed by atoms with E-state index in [4.69, 9.17) is 21.1 Å². The number of carbonyl (C=O) groups is 4. The molecule has 1 aliphatic carbocycles. The molecular weight excluding hydrogens is 596 g/mol. The molecule has 3 N–H and O–H groups in total. The van der Waals surface area contributed by atoms with Gasteiger partial charge in [0, 0.05) is 17.4 Å². The minimum absolute atomic E-state index is 0.0590. The standard InChI is InChI=1S/C30H37ClN4O7S/c1-29(2,3)42-27(40)32-21-10-8-6-4-5-7-9-17-15-30(17,26(38)39)34-24(36)22-14-19(16-35(22)25(21)37)41-28-33-20-12-11-18(31)13-23(20)43-28/h7,9,11-13,17,19,21-22H,4-6,8,10,14-16H2,1-3H3,(H,32,40)(H,34,36)(H,38,39)/t17-,19-,21+,22+,30-/m1/s1. The van der Waals surface area contributed by atoms with Crippen molar-refractivity contribution in [3.63, 3.8) is 0 Å². The maximum absolute atomic E-state index is 14.1. The number of carboxylic acids is 1. The van der Waals surface area contributed by atoms with Gasteiger partial charge in [0.05, 0.1) is 16.8 Å². The molecule has 1 saturated heterocycles. The van der Waals surface area contributed by atoms with Gasteiger partial charge in [-0.15, -0.1) is 0 Å². The van der Waals surface area contributed by atoms with Crippen molar-refractivity contribution in [2.45, 2.75) is 95.0 Å². The second-order valence-corrected chi connectivity index (χ2v) is 13.8. The Morgan fingerprint density at radius 1 is 1.23 bits per heavy atom. The highest BCUT2D eigenvalue weighted by Crippen LogP contribution is 2.45. The number of nitrogens with zero attached hydrogens (tertiary/aromatic N) is 2. The number of hydrogen-bond acceptors (Lipinski definition) is 8. The average molecular weight is 633 g/mol. The summed E-state index contributed by atoms with van der Waals surface area (Å²) in [6.45, 7) is 5.27. The molecular formula is C30H37ClN4O7S. The topological polar surface area (TPSA) is 147 Å². The van der Waals surface area contributed by atoms with Crippen LogP contribution >= 0.6 is 22.9 Å². The molecule has 0 bridgehead atoms. The first-order chi connectivity index (χ1) is 20.3. The first-order valence-electron chi connectivity index (χ1n) is 14.6. The van der Waals surface area contributed by atoms with Crippen LogP contribution in [0.4, 0.5) is 4.79 Å². The zero-order chi connectivity index (χ0) is 30.9. The molecule has 5 rings (SSSR count). The molecule has 5 atom stereocenters. The Morgan fingerprint density at radius 2 is 2.02 bits per heavy atom. The Kier molecular flexibility index (Phi) is 8.89. The van der Waals surface area contributed by atoms with Gasteiger partial charge < -0.3 is 30.1 Å². The van der Waals surface area contributed by atoms with Gasteiger partial charge in [-0.25, -0.2) is 14.6 Å². The third kappa shape index (κ3) is 7.23. The van der Waals surface area contributed by atoms with Gasteiger partial charge in [0.1, 0.15) is 29.3 Å². The number of aliphatic carboxylic acids is 1. The minimum Gasteiger partial charge on any atom is -0.479 e. The molecule has 2 aromatic rings. The second kappa shape index (κ2) is 12.3. The molecule has 3 heterocycles. The monoisotopic (exact) mass is 632 g/mol. The summed E-state index contributed by atoms with van der Waals surface area (Å²) in [5, 5.41) is 16.4. The van der Waals surface area contributed by atoms with Crippen molar-refractivity contribution in [3.8, 4) is 5.19 Å². The molecule has 3 aliphatic rings. The van der Waals surface area contributed by atoms with Crippen molar-refractivity contribution < 1.29 is 33.8 Å². The summed E-state index contributed by atoms with van der Waals surface area (Å²) in [5.74, 6) is -2.45. The van der Waals surface area contributed by atoms with Crippen LogP contribution in [0.3, 0.4) is 0 Å². The van der Waals surface area contributed by atoms with Crippen LogP contribution in [0.15, 0.2) is 30.4 Å². The van der Waals surface area contributed by atoms with Crippen LogP contribution in [0.25, 0.3) is 10.2 Å². The summed E-state index contributed by atoms with van der Waals surface area (Å²) < 4.78 is 12.4. The van der Waals surface area contributed by atoms with Gasteiger partial charge in [-0.05, 0) is 64.7 Å². The fraction of sp³-hybridized carbons (Fsp3) is 0.567. The SMILES string of the molecule is CC(C)(C)OC(=O)N[C@H]1CCCCCC=C[C@@H]2C[C@@]2(C(=O)O)NC(=O)[C@@H]2C[C@@H](Oc3nc4ccc(Cl)cc4s3)CN2C1=O. The van der Waals surface area contributed by atoms with Crippen LogP contribution in [-0.2, 0) is 19.1 Å². The minimum atomic E-state index is -1.41. The summed E-state index contributed by atoms with van der Waals surface area (Å²) in [4.78, 5) is 58.7. The molecule has 43 heavy (non-hydrogen) atoms. The highest BCUT2D eigenvalue weighted by atomic mass is 35.5. The van der Waals surface area contributed by atoms with Gasteiger partial charge in [-0.1, -0.05) is 47.9 Å². The molecule has 0 unspecified atom stereocenters. The normalized spacial score (nSPS) is 28.2. The number of fused-ring (bicyclic) bond motifs is 3. The number of thiazole rings is 1. The highest BCUT2D eigenvalue weighted by Gasteiger charge is 2.61. The van der Waals surface area contributed by atoms with E-state index < -0.39 is 53.2 Å². The van der Waals surface area contributed by atoms with E-state index in [1.165, 1.54) is 16.2 Å². The van der Waals surface area contributed by atoms with Crippen LogP contribution in [0, 0.1) is 5.92 Å². The lowest BCUT2D eigenvalue weighted by Gasteiger charge is -2.30. The smallest absolute Gasteiger partial charge is 0.408 e. The molecule has 0 radical (unpaired) electrons. The molecule has 1 aromatic carbocycles. The molecule has 13 heteroatoms. The van der Waals surface area contributed by atoms with Gasteiger partial charge in [-0.3, -0.25) is 9.59 Å². The van der Waals surface area contributed by atoms with E-state index in [0.29, 0.717) is 28.6 Å². The number of nitrogens with one attached hydrogen (secondary N) is 2. The Bertz CT molecular complexity index is 1440. The van der Waals surface area contributed by atoms with Gasteiger partial charge in [0.2, 0.25) is 11.8 Å². The number of allylic oxidation sites excluding steroid dienone is 1. The zero-order valence-corrected chi connectivity index (χ0v) is 26.0. The van der Waals surface area contributed by atoms with Crippen molar-refractivity contribution in [1.29, 1.82) is 0 Å². The summed E-state index contributed by atoms with van der Waals surface area (Å²) in [7, 11) is 0. The number of alkyl carbamates (subject to hydrolysis) is 1. The van der Waals surface area contributed by atoms with Crippen LogP contribution in [0.2, 0.25) is 5.02 Å². The third-order valence-corrected chi connectivity index (χ3v) is 9.05. The molecule has 1 saturated carbocycles. The van der Waals surface area contributed by atoms with E-state index >= 15 is 0 Å². The zero-order valence-electron chi connectivity index (χ0n) is 24.4. The first kappa shape index (κ1) is 31.1. The van der Waals surface area contributed by atoms with E-state index in [1.807, 2.05) is 12.2 Å². The number of carbonyl (C=O) groups excluding carboxylic acids is 3. The second-order valence-electron chi connectivity index (χ2n) is 12.4. The van der Waals surface area contributed by atoms with Gasteiger partial charge in [0.25, 0.3) is 5.19 Å². The predicted octanol–water partition coefficient (Wildman–Crippen LogP) is 4.67. The van der Waals surface area contributed by atoms with E-state index in [0.717, 1.165) is 24.0 Å². The fourth-order valence-corrected chi connectivity index (χ4v) is 6.82. The van der Waals surface area contributed by atoms with Crippen LogP contribution in [-0.4, -0.2) is 74.7 Å². The maximum atomic E-state index is 14.1. The van der Waals surface area contributed by atoms with Crippen molar-refractivity contribution in [2.75, 3.05) is 6.54 Å². The van der Waals surface area contributed by atoms with Crippen molar-refractivity contribution >= 4 is 57.0 Å². The fourth-order valence-electron chi connectivity index (χ4n) is 5.67. The van der Waals surface area contributed by atoms with Crippen LogP contribution in [0.1, 0.15) is 65.7 Å². The molecule has 2 fully saturated rings. The number of carboxylic acid groups (broad SMARTS) is 1. The third-order valence-electron chi connectivity index (χ3n) is 7.91. The van der Waals surface area contributed by atoms with Gasteiger partial charge in [0.15, 0.2) is 0 Å². The van der Waals surface area contributed by atoms with Crippen molar-refractivity contribution in [3.05, 3.63) is 35.4 Å². The Balaban J connectivity index is 1.42.